The van der Waals surface area contributed by atoms with Gasteiger partial charge in [-0.2, -0.15) is 5.10 Å². The normalized spacial score (nSPS) is 13.1. The summed E-state index contributed by atoms with van der Waals surface area (Å²) in [6, 6.07) is 5.42. The van der Waals surface area contributed by atoms with E-state index in [-0.39, 0.29) is 54.1 Å². The minimum Gasteiger partial charge on any atom is -0.380 e. The first-order valence-electron chi connectivity index (χ1n) is 22.2. The second-order valence-corrected chi connectivity index (χ2v) is 18.1. The number of carbonyl (C=O) groups excluding carboxylic acids is 4. The molecule has 15 heteroatoms. The van der Waals surface area contributed by atoms with Gasteiger partial charge in [0.2, 0.25) is 5.91 Å². The number of allylic oxidation sites excluding steroid dienone is 1. The molecule has 5 aromatic heterocycles. The van der Waals surface area contributed by atoms with Crippen LogP contribution < -0.4 is 11.0 Å². The highest BCUT2D eigenvalue weighted by Gasteiger charge is 2.36. The van der Waals surface area contributed by atoms with Crippen molar-refractivity contribution in [2.24, 2.45) is 29.1 Å². The molecule has 0 unspecified atom stereocenters. The van der Waals surface area contributed by atoms with Crippen molar-refractivity contribution >= 4 is 23.3 Å². The van der Waals surface area contributed by atoms with E-state index in [1.165, 1.54) is 11.3 Å². The van der Waals surface area contributed by atoms with Gasteiger partial charge >= 0.3 is 5.69 Å². The van der Waals surface area contributed by atoms with Gasteiger partial charge in [0.25, 0.3) is 0 Å². The van der Waals surface area contributed by atoms with Crippen LogP contribution in [0.25, 0.3) is 0 Å². The van der Waals surface area contributed by atoms with E-state index in [9.17, 15) is 24.0 Å². The summed E-state index contributed by atoms with van der Waals surface area (Å²) in [7, 11) is 0. The molecule has 0 aliphatic carbocycles. The first kappa shape index (κ1) is 59.2. The zero-order chi connectivity index (χ0) is 48.6. The van der Waals surface area contributed by atoms with Crippen molar-refractivity contribution in [1.82, 2.24) is 45.4 Å². The van der Waals surface area contributed by atoms with Gasteiger partial charge in [-0.1, -0.05) is 111 Å². The predicted octanol–water partition coefficient (Wildman–Crippen LogP) is 10.5. The van der Waals surface area contributed by atoms with E-state index >= 15 is 0 Å². The molecule has 2 aliphatic heterocycles. The lowest BCUT2D eigenvalue weighted by Crippen LogP contribution is -2.43. The number of ether oxygens (including phenoxy) is 1. The number of imidazole rings is 2. The minimum atomic E-state index is -0.126. The van der Waals surface area contributed by atoms with Gasteiger partial charge in [-0.05, 0) is 53.5 Å². The molecule has 0 spiro atoms. The second-order valence-electron chi connectivity index (χ2n) is 18.1. The van der Waals surface area contributed by atoms with Crippen LogP contribution in [-0.2, 0) is 14.3 Å². The van der Waals surface area contributed by atoms with Crippen LogP contribution in [0.15, 0.2) is 84.5 Å². The molecule has 0 saturated carbocycles. The number of amides is 1. The second kappa shape index (κ2) is 30.3. The zero-order valence-corrected chi connectivity index (χ0v) is 40.9. The fourth-order valence-electron chi connectivity index (χ4n) is 5.10. The molecule has 0 radical (unpaired) electrons. The van der Waals surface area contributed by atoms with Crippen LogP contribution in [0, 0.1) is 29.1 Å². The van der Waals surface area contributed by atoms with Crippen LogP contribution in [0.5, 0.6) is 0 Å². The van der Waals surface area contributed by atoms with E-state index in [4.69, 9.17) is 4.74 Å². The maximum Gasteiger partial charge on any atom is 0.323 e. The number of Topliss-reactive ketones (excluding diaryl/α,β-unsaturated/α-hetero) is 3. The van der Waals surface area contributed by atoms with E-state index in [2.05, 4.69) is 93.9 Å². The Kier molecular flexibility index (Phi) is 27.6. The van der Waals surface area contributed by atoms with Crippen LogP contribution in [0.1, 0.15) is 173 Å². The third kappa shape index (κ3) is 22.6. The van der Waals surface area contributed by atoms with Crippen LogP contribution in [0.4, 0.5) is 0 Å². The average Bonchev–Trinajstić information content (AvgIpc) is 4.09. The molecule has 2 aliphatic rings. The lowest BCUT2D eigenvalue weighted by molar-refractivity contribution is -0.126. The number of nitrogens with zero attached hydrogens (tertiary/aromatic N) is 2. The molecule has 5 aromatic rings. The summed E-state index contributed by atoms with van der Waals surface area (Å²) in [4.78, 5) is 72.5. The number of rotatable bonds is 10. The first-order valence-corrected chi connectivity index (χ1v) is 22.2. The van der Waals surface area contributed by atoms with E-state index in [0.29, 0.717) is 41.0 Å². The summed E-state index contributed by atoms with van der Waals surface area (Å²) in [5.74, 6) is 2.75. The molecule has 362 valence electrons. The van der Waals surface area contributed by atoms with Crippen molar-refractivity contribution in [3.05, 3.63) is 118 Å². The number of carbonyl (C=O) groups is 4. The van der Waals surface area contributed by atoms with Gasteiger partial charge in [0.15, 0.2) is 17.3 Å². The van der Waals surface area contributed by atoms with E-state index in [1.807, 2.05) is 80.0 Å². The van der Waals surface area contributed by atoms with Crippen LogP contribution in [-0.4, -0.2) is 76.6 Å². The van der Waals surface area contributed by atoms with Crippen molar-refractivity contribution in [2.45, 2.75) is 135 Å². The number of nitrogens with one attached hydrogen (secondary N) is 7. The van der Waals surface area contributed by atoms with Gasteiger partial charge in [0.05, 0.1) is 37.1 Å². The van der Waals surface area contributed by atoms with Crippen molar-refractivity contribution in [1.29, 1.82) is 0 Å². The number of ketones is 3. The van der Waals surface area contributed by atoms with E-state index in [1.54, 1.807) is 49.3 Å². The summed E-state index contributed by atoms with van der Waals surface area (Å²) < 4.78 is 5.10. The predicted molar refractivity (Wildman–Crippen MR) is 262 cm³/mol. The molecule has 7 rings (SSSR count). The SMILES string of the molecule is C.CC(C)C(=O)C1=CCC(=O)N1.CC(C)C(=O)c1cc[nH]c1.CC(C)C(=O)c1ccc[nH]1.CC(C)C1(C)COC1.CC(C)c1c[nH]c(=O)[nH]1.CC(C)c1cn[nH]c1.CC(C)c1cnc[nH]1. The average molecular weight is 904 g/mol. The molecule has 7 heterocycles. The zero-order valence-electron chi connectivity index (χ0n) is 40.9. The first-order chi connectivity index (χ1) is 30.0. The van der Waals surface area contributed by atoms with Crippen molar-refractivity contribution in [3.8, 4) is 0 Å². The molecular formula is C50H81N9O6. The lowest BCUT2D eigenvalue weighted by Gasteiger charge is -2.41. The molecule has 1 saturated heterocycles. The Balaban J connectivity index is 0.000000735. The van der Waals surface area contributed by atoms with Crippen molar-refractivity contribution in [2.75, 3.05) is 13.2 Å². The monoisotopic (exact) mass is 904 g/mol. The van der Waals surface area contributed by atoms with Gasteiger partial charge in [-0.3, -0.25) is 24.3 Å². The smallest absolute Gasteiger partial charge is 0.323 e. The molecule has 0 atom stereocenters. The van der Waals surface area contributed by atoms with Gasteiger partial charge in [-0.15, -0.1) is 0 Å². The molecule has 15 nitrogen and oxygen atoms in total. The highest BCUT2D eigenvalue weighted by atomic mass is 16.5. The number of aromatic amines is 6. The molecule has 0 bridgehead atoms. The fourth-order valence-corrected chi connectivity index (χ4v) is 5.10. The van der Waals surface area contributed by atoms with E-state index in [0.717, 1.165) is 30.4 Å². The molecular weight excluding hydrogens is 823 g/mol. The summed E-state index contributed by atoms with van der Waals surface area (Å²) in [6.45, 7) is 32.5. The summed E-state index contributed by atoms with van der Waals surface area (Å²) in [5.41, 5.74) is 5.74. The third-order valence-corrected chi connectivity index (χ3v) is 10.2. The molecule has 65 heavy (non-hydrogen) atoms. The Labute approximate surface area is 387 Å². The minimum absolute atomic E-state index is 0. The third-order valence-electron chi connectivity index (χ3n) is 10.2. The quantitative estimate of drug-likeness (QED) is 0.0666. The Morgan fingerprint density at radius 3 is 1.58 bits per heavy atom. The Morgan fingerprint density at radius 1 is 0.692 bits per heavy atom. The van der Waals surface area contributed by atoms with Crippen LogP contribution in [0.3, 0.4) is 0 Å². The van der Waals surface area contributed by atoms with Crippen molar-refractivity contribution < 1.29 is 23.9 Å². The van der Waals surface area contributed by atoms with E-state index < -0.39 is 0 Å². The molecule has 0 aromatic carbocycles. The maximum absolute atomic E-state index is 11.2. The van der Waals surface area contributed by atoms with Gasteiger partial charge in [0.1, 0.15) is 0 Å². The maximum atomic E-state index is 11.2. The topological polar surface area (TPSA) is 227 Å². The van der Waals surface area contributed by atoms with Gasteiger partial charge in [-0.25, -0.2) is 9.78 Å². The standard InChI is InChI=1S/C8H11NO2.2C8H11NO.C7H14O.C6H10N2O.2C6H10N2.CH4/c1-5(2)8(11)6-3-4-7(10)9-6;1-6(2)8(10)7-3-4-9-5-7;1-6(2)8(10)7-4-3-5-9-7;1-6(2)7(3)4-8-5-7;1-4(2)5-3-7-6(9)8-5;1-5(2)6-3-7-4-8-6;1-5(2)6-3-7-8-4-6;/h3,5H,4H2,1-2H3,(H,9,10);2*3-6,9H,1-2H3;6H,4-5H2,1-3H3;3-4H,1-2H3,(H2,7,8,9);2*3-5H,1-2H3,(H,7,8);1H4. The molecule has 7 N–H and O–H groups in total. The summed E-state index contributed by atoms with van der Waals surface area (Å²) in [5, 5.41) is 9.09. The summed E-state index contributed by atoms with van der Waals surface area (Å²) >= 11 is 0. The number of hydrogen-bond acceptors (Lipinski definition) is 8. The van der Waals surface area contributed by atoms with Gasteiger partial charge in [0, 0.05) is 83.7 Å². The largest absolute Gasteiger partial charge is 0.380 e. The summed E-state index contributed by atoms with van der Waals surface area (Å²) in [6.07, 6.45) is 16.3. The van der Waals surface area contributed by atoms with Crippen LogP contribution in [0.2, 0.25) is 0 Å². The van der Waals surface area contributed by atoms with Crippen LogP contribution >= 0.6 is 0 Å². The Morgan fingerprint density at radius 2 is 1.31 bits per heavy atom. The highest BCUT2D eigenvalue weighted by Crippen LogP contribution is 2.34. The van der Waals surface area contributed by atoms with Gasteiger partial charge < -0.3 is 35.0 Å². The number of H-pyrrole nitrogens is 6. The molecule has 1 amide bonds. The Hall–Kier alpha value is -5.83. The number of aromatic nitrogens is 8. The highest BCUT2D eigenvalue weighted by molar-refractivity contribution is 6.03. The number of hydrogen-bond donors (Lipinski definition) is 7. The fraction of sp³-hybridized carbons (Fsp3) is 0.540. The lowest BCUT2D eigenvalue weighted by atomic mass is 9.78. The molecule has 1 fully saturated rings. The van der Waals surface area contributed by atoms with Crippen molar-refractivity contribution in [3.63, 3.8) is 0 Å². The Bertz CT molecular complexity index is 2010.